The molecular formula is C46H91NO4. The van der Waals surface area contributed by atoms with Crippen LogP contribution < -0.4 is 0 Å². The summed E-state index contributed by atoms with van der Waals surface area (Å²) in [5.41, 5.74) is 0. The van der Waals surface area contributed by atoms with Crippen LogP contribution in [0.1, 0.15) is 252 Å². The van der Waals surface area contributed by atoms with E-state index in [1.54, 1.807) is 0 Å². The Bertz CT molecular complexity index is 697. The van der Waals surface area contributed by atoms with E-state index in [9.17, 15) is 9.59 Å². The molecule has 0 saturated carbocycles. The molecule has 0 rings (SSSR count). The zero-order valence-corrected chi connectivity index (χ0v) is 35.2. The Balaban J connectivity index is 3.79. The van der Waals surface area contributed by atoms with E-state index < -0.39 is 0 Å². The minimum atomic E-state index is -0.000719. The summed E-state index contributed by atoms with van der Waals surface area (Å²) in [5, 5.41) is 0. The van der Waals surface area contributed by atoms with Gasteiger partial charge in [-0.15, -0.1) is 0 Å². The lowest BCUT2D eigenvalue weighted by Crippen LogP contribution is -2.25. The fraction of sp³-hybridized carbons (Fsp3) is 0.957. The minimum absolute atomic E-state index is 0.000719. The Morgan fingerprint density at radius 1 is 0.412 bits per heavy atom. The summed E-state index contributed by atoms with van der Waals surface area (Å²) in [6, 6.07) is 0. The van der Waals surface area contributed by atoms with E-state index in [1.165, 1.54) is 180 Å². The van der Waals surface area contributed by atoms with Crippen molar-refractivity contribution in [2.24, 2.45) is 0 Å². The van der Waals surface area contributed by atoms with Gasteiger partial charge in [0.1, 0.15) is 6.10 Å². The van der Waals surface area contributed by atoms with Crippen molar-refractivity contribution in [3.63, 3.8) is 0 Å². The van der Waals surface area contributed by atoms with Gasteiger partial charge in [-0.05, 0) is 77.4 Å². The standard InChI is InChI=1S/C46H91NO4/c1-5-9-12-15-21-29-36-43-50-45(48)39-32-26-22-28-35-42-47(8-4)41-34-27-20-18-19-25-33-40-46(49)51-44(37-30-23-16-13-10-6-2)38-31-24-17-14-11-7-3/h44H,5-43H2,1-4H3. The first-order valence-electron chi connectivity index (χ1n) is 23.1. The maximum atomic E-state index is 12.7. The third-order valence-corrected chi connectivity index (χ3v) is 10.7. The Labute approximate surface area is 319 Å². The second-order valence-electron chi connectivity index (χ2n) is 15.7. The molecule has 0 saturated heterocycles. The lowest BCUT2D eigenvalue weighted by atomic mass is 10.0. The van der Waals surface area contributed by atoms with Gasteiger partial charge >= 0.3 is 11.9 Å². The maximum Gasteiger partial charge on any atom is 0.306 e. The highest BCUT2D eigenvalue weighted by Gasteiger charge is 2.14. The van der Waals surface area contributed by atoms with Crippen molar-refractivity contribution in [3.05, 3.63) is 0 Å². The van der Waals surface area contributed by atoms with Crippen molar-refractivity contribution in [2.45, 2.75) is 259 Å². The second-order valence-corrected chi connectivity index (χ2v) is 15.7. The molecule has 0 aliphatic heterocycles. The largest absolute Gasteiger partial charge is 0.466 e. The van der Waals surface area contributed by atoms with Crippen LogP contribution in [0.4, 0.5) is 0 Å². The fourth-order valence-electron chi connectivity index (χ4n) is 7.18. The number of rotatable bonds is 42. The zero-order valence-electron chi connectivity index (χ0n) is 35.2. The van der Waals surface area contributed by atoms with Gasteiger partial charge in [-0.2, -0.15) is 0 Å². The predicted molar refractivity (Wildman–Crippen MR) is 222 cm³/mol. The van der Waals surface area contributed by atoms with E-state index in [4.69, 9.17) is 9.47 Å². The van der Waals surface area contributed by atoms with Gasteiger partial charge in [-0.1, -0.05) is 182 Å². The lowest BCUT2D eigenvalue weighted by molar-refractivity contribution is -0.150. The summed E-state index contributed by atoms with van der Waals surface area (Å²) in [6.45, 7) is 13.2. The van der Waals surface area contributed by atoms with Gasteiger partial charge in [0.25, 0.3) is 0 Å². The zero-order chi connectivity index (χ0) is 37.3. The predicted octanol–water partition coefficient (Wildman–Crippen LogP) is 14.5. The molecule has 51 heavy (non-hydrogen) atoms. The van der Waals surface area contributed by atoms with Crippen LogP contribution in [0.15, 0.2) is 0 Å². The van der Waals surface area contributed by atoms with Crippen molar-refractivity contribution in [3.8, 4) is 0 Å². The third kappa shape index (κ3) is 38.4. The molecule has 0 amide bonds. The Hall–Kier alpha value is -1.10. The van der Waals surface area contributed by atoms with E-state index in [1.807, 2.05) is 0 Å². The molecule has 0 aromatic carbocycles. The smallest absolute Gasteiger partial charge is 0.306 e. The quantitative estimate of drug-likeness (QED) is 0.0464. The molecule has 0 atom stereocenters. The molecule has 0 spiro atoms. The van der Waals surface area contributed by atoms with Gasteiger partial charge in [0.2, 0.25) is 0 Å². The van der Waals surface area contributed by atoms with Crippen LogP contribution >= 0.6 is 0 Å². The van der Waals surface area contributed by atoms with Crippen molar-refractivity contribution >= 4 is 11.9 Å². The molecule has 304 valence electrons. The first-order chi connectivity index (χ1) is 25.1. The first-order valence-corrected chi connectivity index (χ1v) is 23.1. The molecule has 0 aromatic heterocycles. The van der Waals surface area contributed by atoms with E-state index in [-0.39, 0.29) is 18.0 Å². The van der Waals surface area contributed by atoms with Gasteiger partial charge in [-0.3, -0.25) is 9.59 Å². The van der Waals surface area contributed by atoms with Crippen molar-refractivity contribution in [2.75, 3.05) is 26.2 Å². The molecular weight excluding hydrogens is 631 g/mol. The molecule has 0 radical (unpaired) electrons. The maximum absolute atomic E-state index is 12.7. The molecule has 5 heteroatoms. The van der Waals surface area contributed by atoms with Gasteiger partial charge in [0.15, 0.2) is 0 Å². The molecule has 0 aliphatic rings. The number of hydrogen-bond donors (Lipinski definition) is 0. The molecule has 0 heterocycles. The number of nitrogens with zero attached hydrogens (tertiary/aromatic N) is 1. The number of carbonyl (C=O) groups is 2. The third-order valence-electron chi connectivity index (χ3n) is 10.7. The highest BCUT2D eigenvalue weighted by Crippen LogP contribution is 2.19. The Morgan fingerprint density at radius 3 is 1.20 bits per heavy atom. The average molecular weight is 722 g/mol. The summed E-state index contributed by atoms with van der Waals surface area (Å²) in [5.74, 6) is 0.0462. The van der Waals surface area contributed by atoms with Crippen LogP contribution in [0.25, 0.3) is 0 Å². The van der Waals surface area contributed by atoms with Crippen LogP contribution in [-0.2, 0) is 19.1 Å². The molecule has 0 fully saturated rings. The SMILES string of the molecule is CCCCCCCCCOC(=O)CCCCCCCN(CC)CCCCCCCCCC(=O)OC(CCCCCCCC)CCCCCCCC. The van der Waals surface area contributed by atoms with Crippen molar-refractivity contribution in [1.82, 2.24) is 4.90 Å². The summed E-state index contributed by atoms with van der Waals surface area (Å²) in [6.07, 6.45) is 42.2. The molecule has 0 bridgehead atoms. The number of esters is 2. The Morgan fingerprint density at radius 2 is 0.765 bits per heavy atom. The summed E-state index contributed by atoms with van der Waals surface area (Å²) < 4.78 is 11.4. The van der Waals surface area contributed by atoms with Crippen molar-refractivity contribution in [1.29, 1.82) is 0 Å². The van der Waals surface area contributed by atoms with E-state index in [0.29, 0.717) is 19.4 Å². The summed E-state index contributed by atoms with van der Waals surface area (Å²) in [4.78, 5) is 27.2. The number of hydrogen-bond acceptors (Lipinski definition) is 5. The van der Waals surface area contributed by atoms with Gasteiger partial charge in [0.05, 0.1) is 6.61 Å². The average Bonchev–Trinajstić information content (AvgIpc) is 3.13. The molecule has 0 aromatic rings. The number of unbranched alkanes of at least 4 members (excludes halogenated alkanes) is 26. The highest BCUT2D eigenvalue weighted by atomic mass is 16.5. The van der Waals surface area contributed by atoms with E-state index in [2.05, 4.69) is 32.6 Å². The number of ether oxygens (including phenoxy) is 2. The second kappa shape index (κ2) is 41.7. The van der Waals surface area contributed by atoms with Crippen LogP contribution in [0.3, 0.4) is 0 Å². The fourth-order valence-corrected chi connectivity index (χ4v) is 7.18. The van der Waals surface area contributed by atoms with Crippen LogP contribution in [-0.4, -0.2) is 49.2 Å². The molecule has 0 unspecified atom stereocenters. The normalized spacial score (nSPS) is 11.6. The van der Waals surface area contributed by atoms with E-state index in [0.717, 1.165) is 51.5 Å². The van der Waals surface area contributed by atoms with Crippen LogP contribution in [0, 0.1) is 0 Å². The van der Waals surface area contributed by atoms with Gasteiger partial charge < -0.3 is 14.4 Å². The molecule has 0 aliphatic carbocycles. The van der Waals surface area contributed by atoms with Gasteiger partial charge in [-0.25, -0.2) is 0 Å². The van der Waals surface area contributed by atoms with Crippen molar-refractivity contribution < 1.29 is 19.1 Å². The summed E-state index contributed by atoms with van der Waals surface area (Å²) in [7, 11) is 0. The highest BCUT2D eigenvalue weighted by molar-refractivity contribution is 5.69. The minimum Gasteiger partial charge on any atom is -0.466 e. The molecule has 0 N–H and O–H groups in total. The monoisotopic (exact) mass is 722 g/mol. The Kier molecular flexibility index (Phi) is 40.8. The number of carbonyl (C=O) groups excluding carboxylic acids is 2. The topological polar surface area (TPSA) is 55.8 Å². The van der Waals surface area contributed by atoms with E-state index >= 15 is 0 Å². The van der Waals surface area contributed by atoms with Gasteiger partial charge in [0, 0.05) is 12.8 Å². The van der Waals surface area contributed by atoms with Crippen LogP contribution in [0.2, 0.25) is 0 Å². The first kappa shape index (κ1) is 49.9. The van der Waals surface area contributed by atoms with Crippen LogP contribution in [0.5, 0.6) is 0 Å². The lowest BCUT2D eigenvalue weighted by Gasteiger charge is -2.20. The summed E-state index contributed by atoms with van der Waals surface area (Å²) >= 11 is 0. The molecule has 5 nitrogen and oxygen atoms in total.